The van der Waals surface area contributed by atoms with E-state index in [4.69, 9.17) is 4.42 Å². The van der Waals surface area contributed by atoms with Crippen LogP contribution in [0.3, 0.4) is 0 Å². The number of nitrogens with zero attached hydrogens (tertiary/aromatic N) is 1. The number of H-pyrrole nitrogens is 1. The lowest BCUT2D eigenvalue weighted by atomic mass is 10.3. The van der Waals surface area contributed by atoms with E-state index in [1.165, 1.54) is 0 Å². The Hall–Kier alpha value is -1.78. The SMILES string of the molecule is CCc1ccc(-c2noc(=O)[nH]2)o1. The second-order valence-electron chi connectivity index (χ2n) is 2.56. The molecule has 0 amide bonds. The highest BCUT2D eigenvalue weighted by atomic mass is 16.5. The van der Waals surface area contributed by atoms with Crippen molar-refractivity contribution in [1.82, 2.24) is 10.1 Å². The lowest BCUT2D eigenvalue weighted by Gasteiger charge is -1.87. The Balaban J connectivity index is 2.40. The molecule has 2 heterocycles. The third kappa shape index (κ3) is 1.40. The zero-order valence-electron chi connectivity index (χ0n) is 7.03. The summed E-state index contributed by atoms with van der Waals surface area (Å²) in [6.07, 6.45) is 0.808. The van der Waals surface area contributed by atoms with Crippen molar-refractivity contribution >= 4 is 0 Å². The zero-order chi connectivity index (χ0) is 9.26. The molecule has 0 saturated carbocycles. The summed E-state index contributed by atoms with van der Waals surface area (Å²) in [5.41, 5.74) is 0. The lowest BCUT2D eigenvalue weighted by molar-refractivity contribution is 0.386. The molecule has 0 spiro atoms. The van der Waals surface area contributed by atoms with Crippen molar-refractivity contribution in [3.05, 3.63) is 28.4 Å². The largest absolute Gasteiger partial charge is 0.458 e. The Morgan fingerprint density at radius 1 is 1.54 bits per heavy atom. The van der Waals surface area contributed by atoms with E-state index in [-0.39, 0.29) is 0 Å². The average Bonchev–Trinajstić information content (AvgIpc) is 2.71. The van der Waals surface area contributed by atoms with Gasteiger partial charge in [-0.25, -0.2) is 4.79 Å². The van der Waals surface area contributed by atoms with E-state index in [0.29, 0.717) is 11.6 Å². The van der Waals surface area contributed by atoms with Crippen LogP contribution in [-0.2, 0) is 6.42 Å². The first-order valence-electron chi connectivity index (χ1n) is 3.94. The van der Waals surface area contributed by atoms with Crippen molar-refractivity contribution in [1.29, 1.82) is 0 Å². The lowest BCUT2D eigenvalue weighted by Crippen LogP contribution is -1.94. The molecule has 0 unspecified atom stereocenters. The highest BCUT2D eigenvalue weighted by Crippen LogP contribution is 2.17. The monoisotopic (exact) mass is 180 g/mol. The summed E-state index contributed by atoms with van der Waals surface area (Å²) in [5, 5.41) is 3.50. The fraction of sp³-hybridized carbons (Fsp3) is 0.250. The quantitative estimate of drug-likeness (QED) is 0.753. The van der Waals surface area contributed by atoms with Crippen LogP contribution in [0, 0.1) is 0 Å². The van der Waals surface area contributed by atoms with Crippen LogP contribution in [0.25, 0.3) is 11.6 Å². The molecule has 0 aliphatic heterocycles. The van der Waals surface area contributed by atoms with Crippen LogP contribution in [0.4, 0.5) is 0 Å². The van der Waals surface area contributed by atoms with Gasteiger partial charge >= 0.3 is 5.76 Å². The van der Waals surface area contributed by atoms with Gasteiger partial charge in [-0.05, 0) is 12.1 Å². The molecule has 0 aliphatic rings. The highest BCUT2D eigenvalue weighted by molar-refractivity contribution is 5.45. The van der Waals surface area contributed by atoms with Gasteiger partial charge in [0.05, 0.1) is 0 Å². The molecule has 0 fully saturated rings. The summed E-state index contributed by atoms with van der Waals surface area (Å²) in [6, 6.07) is 3.58. The van der Waals surface area contributed by atoms with Crippen molar-refractivity contribution in [2.75, 3.05) is 0 Å². The first-order chi connectivity index (χ1) is 6.29. The second kappa shape index (κ2) is 2.93. The van der Waals surface area contributed by atoms with Crippen LogP contribution in [-0.4, -0.2) is 10.1 Å². The Bertz CT molecular complexity index is 452. The molecule has 2 aromatic heterocycles. The van der Waals surface area contributed by atoms with E-state index in [1.807, 2.05) is 13.0 Å². The van der Waals surface area contributed by atoms with E-state index >= 15 is 0 Å². The van der Waals surface area contributed by atoms with E-state index in [9.17, 15) is 4.79 Å². The van der Waals surface area contributed by atoms with Gasteiger partial charge in [-0.2, -0.15) is 0 Å². The summed E-state index contributed by atoms with van der Waals surface area (Å²) in [7, 11) is 0. The fourth-order valence-electron chi connectivity index (χ4n) is 1.03. The summed E-state index contributed by atoms with van der Waals surface area (Å²) >= 11 is 0. The van der Waals surface area contributed by atoms with Crippen molar-refractivity contribution in [2.24, 2.45) is 0 Å². The van der Waals surface area contributed by atoms with Crippen LogP contribution in [0.2, 0.25) is 0 Å². The van der Waals surface area contributed by atoms with Crippen LogP contribution < -0.4 is 5.76 Å². The molecule has 0 aromatic carbocycles. The summed E-state index contributed by atoms with van der Waals surface area (Å²) < 4.78 is 9.68. The van der Waals surface area contributed by atoms with Gasteiger partial charge in [0, 0.05) is 6.42 Å². The molecular formula is C8H8N2O3. The molecule has 5 heteroatoms. The molecule has 13 heavy (non-hydrogen) atoms. The zero-order valence-corrected chi connectivity index (χ0v) is 7.03. The molecule has 5 nitrogen and oxygen atoms in total. The van der Waals surface area contributed by atoms with Crippen molar-refractivity contribution in [2.45, 2.75) is 13.3 Å². The maximum absolute atomic E-state index is 10.6. The number of aryl methyl sites for hydroxylation is 1. The van der Waals surface area contributed by atoms with Gasteiger partial charge in [0.15, 0.2) is 5.76 Å². The number of hydrogen-bond donors (Lipinski definition) is 1. The van der Waals surface area contributed by atoms with E-state index in [2.05, 4.69) is 14.7 Å². The number of aromatic nitrogens is 2. The van der Waals surface area contributed by atoms with E-state index in [1.54, 1.807) is 6.07 Å². The molecule has 0 aliphatic carbocycles. The minimum absolute atomic E-state index is 0.324. The number of hydrogen-bond acceptors (Lipinski definition) is 4. The van der Waals surface area contributed by atoms with Gasteiger partial charge in [-0.15, -0.1) is 0 Å². The molecule has 0 radical (unpaired) electrons. The Morgan fingerprint density at radius 3 is 2.92 bits per heavy atom. The summed E-state index contributed by atoms with van der Waals surface area (Å²) in [6.45, 7) is 1.98. The van der Waals surface area contributed by atoms with Gasteiger partial charge in [0.1, 0.15) is 5.76 Å². The predicted molar refractivity (Wildman–Crippen MR) is 44.2 cm³/mol. The molecule has 0 bridgehead atoms. The van der Waals surface area contributed by atoms with Crippen LogP contribution in [0.5, 0.6) is 0 Å². The third-order valence-electron chi connectivity index (χ3n) is 1.68. The molecule has 2 rings (SSSR count). The Kier molecular flexibility index (Phi) is 1.77. The topological polar surface area (TPSA) is 72.0 Å². The second-order valence-corrected chi connectivity index (χ2v) is 2.56. The van der Waals surface area contributed by atoms with Gasteiger partial charge in [0.2, 0.25) is 5.82 Å². The average molecular weight is 180 g/mol. The van der Waals surface area contributed by atoms with Crippen LogP contribution >= 0.6 is 0 Å². The smallest absolute Gasteiger partial charge is 0.439 e. The molecule has 2 aromatic rings. The van der Waals surface area contributed by atoms with Crippen LogP contribution in [0.15, 0.2) is 25.9 Å². The number of furan rings is 1. The number of nitrogens with one attached hydrogen (secondary N) is 1. The standard InChI is InChI=1S/C8H8N2O3/c1-2-5-3-4-6(12-5)7-9-8(11)13-10-7/h3-4H,2H2,1H3,(H,9,10,11). The first kappa shape index (κ1) is 7.85. The third-order valence-corrected chi connectivity index (χ3v) is 1.68. The molecule has 0 saturated heterocycles. The van der Waals surface area contributed by atoms with E-state index < -0.39 is 5.76 Å². The summed E-state index contributed by atoms with van der Waals surface area (Å²) in [4.78, 5) is 13.0. The Morgan fingerprint density at radius 2 is 2.38 bits per heavy atom. The van der Waals surface area contributed by atoms with Gasteiger partial charge < -0.3 is 4.42 Å². The maximum Gasteiger partial charge on any atom is 0.439 e. The van der Waals surface area contributed by atoms with E-state index in [0.717, 1.165) is 12.2 Å². The molecule has 68 valence electrons. The summed E-state index contributed by atoms with van der Waals surface area (Å²) in [5.74, 6) is 1.11. The number of rotatable bonds is 2. The predicted octanol–water partition coefficient (Wildman–Crippen LogP) is 1.19. The van der Waals surface area contributed by atoms with Crippen molar-refractivity contribution in [3.8, 4) is 11.6 Å². The van der Waals surface area contributed by atoms with Crippen LogP contribution in [0.1, 0.15) is 12.7 Å². The minimum atomic E-state index is -0.579. The van der Waals surface area contributed by atoms with Gasteiger partial charge in [0.25, 0.3) is 0 Å². The molecular weight excluding hydrogens is 172 g/mol. The fourth-order valence-corrected chi connectivity index (χ4v) is 1.03. The maximum atomic E-state index is 10.6. The first-order valence-corrected chi connectivity index (χ1v) is 3.94. The van der Waals surface area contributed by atoms with Crippen molar-refractivity contribution < 1.29 is 8.94 Å². The molecule has 0 atom stereocenters. The minimum Gasteiger partial charge on any atom is -0.458 e. The van der Waals surface area contributed by atoms with Gasteiger partial charge in [-0.3, -0.25) is 9.51 Å². The number of aromatic amines is 1. The van der Waals surface area contributed by atoms with Crippen molar-refractivity contribution in [3.63, 3.8) is 0 Å². The Labute approximate surface area is 73.4 Å². The highest BCUT2D eigenvalue weighted by Gasteiger charge is 2.08. The van der Waals surface area contributed by atoms with Gasteiger partial charge in [-0.1, -0.05) is 12.1 Å². The normalized spacial score (nSPS) is 10.5. The molecule has 1 N–H and O–H groups in total.